The Balaban J connectivity index is 3.09. The van der Waals surface area contributed by atoms with Gasteiger partial charge in [0.2, 0.25) is 0 Å². The summed E-state index contributed by atoms with van der Waals surface area (Å²) >= 11 is 0. The first-order chi connectivity index (χ1) is 11.4. The van der Waals surface area contributed by atoms with E-state index in [1.807, 2.05) is 0 Å². The van der Waals surface area contributed by atoms with E-state index < -0.39 is 17.6 Å². The van der Waals surface area contributed by atoms with E-state index in [2.05, 4.69) is 13.8 Å². The minimum Gasteiger partial charge on any atom is -0.377 e. The summed E-state index contributed by atoms with van der Waals surface area (Å²) < 4.78 is 34.7. The molecule has 0 aliphatic heterocycles. The van der Waals surface area contributed by atoms with Gasteiger partial charge in [0.05, 0.1) is 0 Å². The lowest BCUT2D eigenvalue weighted by molar-refractivity contribution is 0.0705. The third-order valence-electron chi connectivity index (χ3n) is 5.86. The van der Waals surface area contributed by atoms with Crippen molar-refractivity contribution in [2.24, 2.45) is 11.8 Å². The molecule has 0 bridgehead atoms. The number of rotatable bonds is 10. The number of hydrogen-bond donors (Lipinski definition) is 0. The Bertz CT molecular complexity index is 328. The molecule has 1 rings (SSSR count). The Kier molecular flexibility index (Phi) is 9.05. The van der Waals surface area contributed by atoms with Crippen molar-refractivity contribution in [2.75, 3.05) is 42.7 Å². The van der Waals surface area contributed by atoms with Crippen LogP contribution in [0.5, 0.6) is 0 Å². The fraction of sp³-hybridized carbons (Fsp3) is 1.00. The molecule has 0 aromatic rings. The van der Waals surface area contributed by atoms with E-state index in [-0.39, 0.29) is 11.1 Å². The highest BCUT2D eigenvalue weighted by molar-refractivity contribution is 6.63. The molecule has 0 aromatic heterocycles. The second-order valence-corrected chi connectivity index (χ2v) is 13.0. The zero-order valence-corrected chi connectivity index (χ0v) is 18.6. The molecule has 4 atom stereocenters. The summed E-state index contributed by atoms with van der Waals surface area (Å²) in [5.41, 5.74) is 0.548. The molecule has 0 amide bonds. The molecule has 24 heavy (non-hydrogen) atoms. The van der Waals surface area contributed by atoms with Gasteiger partial charge in [0.15, 0.2) is 0 Å². The van der Waals surface area contributed by atoms with E-state index in [1.54, 1.807) is 42.7 Å². The second-order valence-electron chi connectivity index (χ2n) is 6.60. The highest BCUT2D eigenvalue weighted by Gasteiger charge is 2.56. The van der Waals surface area contributed by atoms with Crippen molar-refractivity contribution < 1.29 is 26.6 Å². The van der Waals surface area contributed by atoms with Gasteiger partial charge in [-0.25, -0.2) is 0 Å². The molecule has 6 nitrogen and oxygen atoms in total. The summed E-state index contributed by atoms with van der Waals surface area (Å²) in [5, 5.41) is 0. The van der Waals surface area contributed by atoms with Crippen LogP contribution in [-0.4, -0.2) is 60.3 Å². The topological polar surface area (TPSA) is 55.4 Å². The van der Waals surface area contributed by atoms with Crippen molar-refractivity contribution >= 4 is 17.6 Å². The third-order valence-corrected chi connectivity index (χ3v) is 12.8. The molecule has 144 valence electrons. The SMILES string of the molecule is CCC(C1CCC(C)C([Si](OC)(OC)OC)C1)[Si](OC)(OC)OC. The first-order valence-electron chi connectivity index (χ1n) is 8.74. The minimum absolute atomic E-state index is 0.268. The van der Waals surface area contributed by atoms with Crippen molar-refractivity contribution in [1.82, 2.24) is 0 Å². The van der Waals surface area contributed by atoms with Crippen LogP contribution in [0, 0.1) is 11.8 Å². The zero-order valence-electron chi connectivity index (χ0n) is 16.6. The monoisotopic (exact) mass is 380 g/mol. The quantitative estimate of drug-likeness (QED) is 0.542. The third kappa shape index (κ3) is 4.12. The van der Waals surface area contributed by atoms with Gasteiger partial charge in [-0.05, 0) is 31.1 Å². The number of hydrogen-bond acceptors (Lipinski definition) is 6. The molecule has 0 aromatic carbocycles. The van der Waals surface area contributed by atoms with Crippen LogP contribution in [0.4, 0.5) is 0 Å². The molecule has 1 fully saturated rings. The van der Waals surface area contributed by atoms with Crippen LogP contribution >= 0.6 is 0 Å². The summed E-state index contributed by atoms with van der Waals surface area (Å²) in [5.74, 6) is 0.962. The fourth-order valence-corrected chi connectivity index (χ4v) is 10.1. The first-order valence-corrected chi connectivity index (χ1v) is 12.3. The normalized spacial score (nSPS) is 27.2. The second kappa shape index (κ2) is 9.77. The van der Waals surface area contributed by atoms with E-state index in [9.17, 15) is 0 Å². The lowest BCUT2D eigenvalue weighted by atomic mass is 9.80. The summed E-state index contributed by atoms with van der Waals surface area (Å²) in [6.45, 7) is 4.46. The van der Waals surface area contributed by atoms with Crippen LogP contribution in [0.2, 0.25) is 11.1 Å². The molecule has 0 heterocycles. The fourth-order valence-electron chi connectivity index (χ4n) is 4.49. The molecule has 1 aliphatic carbocycles. The molecule has 0 saturated heterocycles. The highest BCUT2D eigenvalue weighted by atomic mass is 28.4. The van der Waals surface area contributed by atoms with E-state index in [0.29, 0.717) is 11.8 Å². The minimum atomic E-state index is -2.68. The molecule has 8 heteroatoms. The summed E-state index contributed by atoms with van der Waals surface area (Å²) in [4.78, 5) is 0. The lowest BCUT2D eigenvalue weighted by Crippen LogP contribution is -2.54. The van der Waals surface area contributed by atoms with Crippen molar-refractivity contribution in [3.8, 4) is 0 Å². The van der Waals surface area contributed by atoms with E-state index in [1.165, 1.54) is 0 Å². The summed E-state index contributed by atoms with van der Waals surface area (Å²) in [6, 6.07) is 0. The molecule has 4 unspecified atom stereocenters. The Morgan fingerprint density at radius 2 is 1.33 bits per heavy atom. The summed E-state index contributed by atoms with van der Waals surface area (Å²) in [6.07, 6.45) is 4.22. The van der Waals surface area contributed by atoms with Crippen molar-refractivity contribution in [3.63, 3.8) is 0 Å². The highest BCUT2D eigenvalue weighted by Crippen LogP contribution is 2.51. The van der Waals surface area contributed by atoms with Gasteiger partial charge in [0.25, 0.3) is 0 Å². The maximum atomic E-state index is 5.78. The van der Waals surface area contributed by atoms with Gasteiger partial charge < -0.3 is 26.6 Å². The summed E-state index contributed by atoms with van der Waals surface area (Å²) in [7, 11) is 4.83. The average molecular weight is 381 g/mol. The maximum Gasteiger partial charge on any atom is 0.503 e. The predicted molar refractivity (Wildman–Crippen MR) is 97.9 cm³/mol. The standard InChI is InChI=1S/C16H36O6Si2/c1-9-15(23(17-3,18-4)19-5)14-11-10-13(2)16(12-14)24(20-6,21-7)22-8/h13-16H,9-12H2,1-8H3. The molecule has 1 saturated carbocycles. The molecule has 0 radical (unpaired) electrons. The van der Waals surface area contributed by atoms with Gasteiger partial charge in [-0.3, -0.25) is 0 Å². The molecular formula is C16H36O6Si2. The van der Waals surface area contributed by atoms with Gasteiger partial charge >= 0.3 is 17.6 Å². The predicted octanol–water partition coefficient (Wildman–Crippen LogP) is 3.33. The molecule has 0 spiro atoms. The first kappa shape index (κ1) is 22.2. The van der Waals surface area contributed by atoms with Crippen molar-refractivity contribution in [2.45, 2.75) is 50.6 Å². The Morgan fingerprint density at radius 1 is 0.833 bits per heavy atom. The lowest BCUT2D eigenvalue weighted by Gasteiger charge is -2.45. The van der Waals surface area contributed by atoms with Crippen molar-refractivity contribution in [3.05, 3.63) is 0 Å². The van der Waals surface area contributed by atoms with Crippen LogP contribution in [0.3, 0.4) is 0 Å². The molecule has 1 aliphatic rings. The van der Waals surface area contributed by atoms with Gasteiger partial charge in [-0.2, -0.15) is 0 Å². The van der Waals surface area contributed by atoms with Gasteiger partial charge in [0.1, 0.15) is 0 Å². The smallest absolute Gasteiger partial charge is 0.377 e. The van der Waals surface area contributed by atoms with Gasteiger partial charge in [-0.1, -0.05) is 20.3 Å². The van der Waals surface area contributed by atoms with Crippen LogP contribution < -0.4 is 0 Å². The van der Waals surface area contributed by atoms with Crippen molar-refractivity contribution in [1.29, 1.82) is 0 Å². The Hall–Kier alpha value is 0.194. The van der Waals surface area contributed by atoms with Crippen LogP contribution in [0.25, 0.3) is 0 Å². The van der Waals surface area contributed by atoms with E-state index in [4.69, 9.17) is 26.6 Å². The van der Waals surface area contributed by atoms with Crippen LogP contribution in [0.15, 0.2) is 0 Å². The van der Waals surface area contributed by atoms with E-state index in [0.717, 1.165) is 25.7 Å². The van der Waals surface area contributed by atoms with Crippen LogP contribution in [0.1, 0.15) is 39.5 Å². The zero-order chi connectivity index (χ0) is 18.4. The van der Waals surface area contributed by atoms with E-state index >= 15 is 0 Å². The Labute approximate surface area is 149 Å². The molecule has 0 N–H and O–H groups in total. The Morgan fingerprint density at radius 3 is 1.71 bits per heavy atom. The maximum absolute atomic E-state index is 5.78. The largest absolute Gasteiger partial charge is 0.503 e. The average Bonchev–Trinajstić information content (AvgIpc) is 2.63. The van der Waals surface area contributed by atoms with Gasteiger partial charge in [0, 0.05) is 53.7 Å². The molecular weight excluding hydrogens is 344 g/mol. The van der Waals surface area contributed by atoms with Gasteiger partial charge in [-0.15, -0.1) is 0 Å². The van der Waals surface area contributed by atoms with Crippen LogP contribution in [-0.2, 0) is 26.6 Å².